The minimum Gasteiger partial charge on any atom is -0.495 e. The van der Waals surface area contributed by atoms with Gasteiger partial charge in [0.25, 0.3) is 21.6 Å². The number of carbonyl (C=O) groups excluding carboxylic acids is 1. The van der Waals surface area contributed by atoms with E-state index >= 15 is 0 Å². The molecule has 9 nitrogen and oxygen atoms in total. The maximum absolute atomic E-state index is 12.8. The summed E-state index contributed by atoms with van der Waals surface area (Å²) >= 11 is 6.09. The van der Waals surface area contributed by atoms with E-state index in [4.69, 9.17) is 16.3 Å². The summed E-state index contributed by atoms with van der Waals surface area (Å²) in [5.41, 5.74) is 1.09. The maximum Gasteiger partial charge on any atom is 0.271 e. The highest BCUT2D eigenvalue weighted by Crippen LogP contribution is 2.30. The van der Waals surface area contributed by atoms with Crippen LogP contribution in [0, 0.1) is 17.0 Å². The summed E-state index contributed by atoms with van der Waals surface area (Å²) in [5, 5.41) is 13.5. The zero-order valence-corrected chi connectivity index (χ0v) is 18.5. The Morgan fingerprint density at radius 3 is 2.38 bits per heavy atom. The summed E-state index contributed by atoms with van der Waals surface area (Å²) in [4.78, 5) is 22.9. The molecule has 2 N–H and O–H groups in total. The fourth-order valence-electron chi connectivity index (χ4n) is 2.78. The maximum atomic E-state index is 12.8. The number of non-ortho nitro benzene ring substituents is 1. The Balaban J connectivity index is 1.91. The SMILES string of the molecule is COc1ccc([N+](=O)[O-])cc1NC(=O)c1ccc(Cl)c(S(=O)(=O)Nc2ccc(C)cc2)c1. The lowest BCUT2D eigenvalue weighted by Gasteiger charge is -2.13. The van der Waals surface area contributed by atoms with E-state index in [0.29, 0.717) is 5.69 Å². The highest BCUT2D eigenvalue weighted by Gasteiger charge is 2.21. The molecule has 0 saturated carbocycles. The van der Waals surface area contributed by atoms with E-state index in [9.17, 15) is 23.3 Å². The smallest absolute Gasteiger partial charge is 0.271 e. The Kier molecular flexibility index (Phi) is 6.66. The predicted octanol–water partition coefficient (Wildman–Crippen LogP) is 4.62. The van der Waals surface area contributed by atoms with Crippen molar-refractivity contribution in [3.63, 3.8) is 0 Å². The first-order valence-electron chi connectivity index (χ1n) is 9.13. The number of benzene rings is 3. The molecule has 1 amide bonds. The van der Waals surface area contributed by atoms with Crippen LogP contribution in [-0.2, 0) is 10.0 Å². The Hall–Kier alpha value is -3.63. The normalized spacial score (nSPS) is 11.0. The minimum atomic E-state index is -4.09. The van der Waals surface area contributed by atoms with Gasteiger partial charge < -0.3 is 10.1 Å². The number of methoxy groups -OCH3 is 1. The van der Waals surface area contributed by atoms with Crippen LogP contribution in [0.25, 0.3) is 0 Å². The van der Waals surface area contributed by atoms with Crippen LogP contribution >= 0.6 is 11.6 Å². The van der Waals surface area contributed by atoms with Gasteiger partial charge in [-0.2, -0.15) is 0 Å². The third-order valence-corrected chi connectivity index (χ3v) is 6.29. The molecule has 0 unspecified atom stereocenters. The fourth-order valence-corrected chi connectivity index (χ4v) is 4.37. The number of nitrogens with one attached hydrogen (secondary N) is 2. The molecule has 0 aliphatic carbocycles. The van der Waals surface area contributed by atoms with Crippen molar-refractivity contribution in [2.45, 2.75) is 11.8 Å². The number of nitro groups is 1. The lowest BCUT2D eigenvalue weighted by molar-refractivity contribution is -0.384. The molecule has 0 atom stereocenters. The number of amides is 1. The largest absolute Gasteiger partial charge is 0.495 e. The topological polar surface area (TPSA) is 128 Å². The van der Waals surface area contributed by atoms with Crippen molar-refractivity contribution in [1.82, 2.24) is 0 Å². The van der Waals surface area contributed by atoms with Crippen LogP contribution in [0.4, 0.5) is 17.1 Å². The van der Waals surface area contributed by atoms with E-state index < -0.39 is 20.9 Å². The number of carbonyl (C=O) groups is 1. The summed E-state index contributed by atoms with van der Waals surface area (Å²) in [6.45, 7) is 1.87. The fraction of sp³-hybridized carbons (Fsp3) is 0.0952. The molecule has 0 radical (unpaired) electrons. The Morgan fingerprint density at radius 1 is 1.06 bits per heavy atom. The molecule has 0 aliphatic heterocycles. The zero-order valence-electron chi connectivity index (χ0n) is 17.0. The number of nitro benzene ring substituents is 1. The number of hydrogen-bond donors (Lipinski definition) is 2. The highest BCUT2D eigenvalue weighted by atomic mass is 35.5. The molecule has 0 spiro atoms. The van der Waals surface area contributed by atoms with E-state index in [0.717, 1.165) is 17.7 Å². The van der Waals surface area contributed by atoms with Crippen molar-refractivity contribution in [3.05, 3.63) is 86.9 Å². The molecule has 3 aromatic rings. The molecule has 0 bridgehead atoms. The third-order valence-electron chi connectivity index (χ3n) is 4.43. The number of ether oxygens (including phenoxy) is 1. The van der Waals surface area contributed by atoms with Crippen molar-refractivity contribution in [2.75, 3.05) is 17.1 Å². The lowest BCUT2D eigenvalue weighted by Crippen LogP contribution is -2.17. The monoisotopic (exact) mass is 475 g/mol. The van der Waals surface area contributed by atoms with Gasteiger partial charge in [-0.3, -0.25) is 19.6 Å². The van der Waals surface area contributed by atoms with E-state index in [-0.39, 0.29) is 32.6 Å². The molecular formula is C21H18ClN3O6S. The van der Waals surface area contributed by atoms with Gasteiger partial charge in [0, 0.05) is 23.4 Å². The molecular weight excluding hydrogens is 458 g/mol. The third kappa shape index (κ3) is 5.16. The molecule has 32 heavy (non-hydrogen) atoms. The second-order valence-corrected chi connectivity index (χ2v) is 8.77. The molecule has 0 saturated heterocycles. The molecule has 0 heterocycles. The molecule has 3 aromatic carbocycles. The van der Waals surface area contributed by atoms with E-state index in [1.54, 1.807) is 24.3 Å². The van der Waals surface area contributed by atoms with E-state index in [2.05, 4.69) is 10.0 Å². The van der Waals surface area contributed by atoms with Crippen molar-refractivity contribution in [3.8, 4) is 5.75 Å². The first kappa shape index (κ1) is 23.0. The van der Waals surface area contributed by atoms with Gasteiger partial charge in [-0.15, -0.1) is 0 Å². The summed E-state index contributed by atoms with van der Waals surface area (Å²) in [6, 6.07) is 14.2. The standard InChI is InChI=1S/C21H18ClN3O6S/c1-13-3-6-15(7-4-13)24-32(29,30)20-11-14(5-9-17(20)22)21(26)23-18-12-16(25(27)28)8-10-19(18)31-2/h3-12,24H,1-2H3,(H,23,26). The first-order chi connectivity index (χ1) is 15.1. The Morgan fingerprint density at radius 2 is 1.75 bits per heavy atom. The molecule has 0 aliphatic rings. The number of anilines is 2. The predicted molar refractivity (Wildman–Crippen MR) is 121 cm³/mol. The highest BCUT2D eigenvalue weighted by molar-refractivity contribution is 7.92. The van der Waals surface area contributed by atoms with Crippen molar-refractivity contribution < 1.29 is 22.9 Å². The van der Waals surface area contributed by atoms with E-state index in [1.807, 2.05) is 6.92 Å². The second kappa shape index (κ2) is 9.25. The van der Waals surface area contributed by atoms with Crippen LogP contribution in [0.5, 0.6) is 5.75 Å². The lowest BCUT2D eigenvalue weighted by atomic mass is 10.2. The Bertz CT molecular complexity index is 1290. The molecule has 0 fully saturated rings. The first-order valence-corrected chi connectivity index (χ1v) is 11.0. The summed E-state index contributed by atoms with van der Waals surface area (Å²) < 4.78 is 33.2. The minimum absolute atomic E-state index is 0.0211. The molecule has 0 aromatic heterocycles. The van der Waals surface area contributed by atoms with Crippen molar-refractivity contribution in [1.29, 1.82) is 0 Å². The van der Waals surface area contributed by atoms with Gasteiger partial charge in [0.05, 0.1) is 22.7 Å². The van der Waals surface area contributed by atoms with Crippen LogP contribution in [0.1, 0.15) is 15.9 Å². The Labute approximate surface area is 189 Å². The quantitative estimate of drug-likeness (QED) is 0.379. The van der Waals surface area contributed by atoms with Gasteiger partial charge in [-0.25, -0.2) is 8.42 Å². The summed E-state index contributed by atoms with van der Waals surface area (Å²) in [5.74, 6) is -0.501. The number of hydrogen-bond acceptors (Lipinski definition) is 6. The van der Waals surface area contributed by atoms with Gasteiger partial charge in [-0.05, 0) is 43.3 Å². The van der Waals surface area contributed by atoms with Gasteiger partial charge in [-0.1, -0.05) is 29.3 Å². The van der Waals surface area contributed by atoms with E-state index in [1.165, 1.54) is 31.4 Å². The number of aryl methyl sites for hydroxylation is 1. The molecule has 11 heteroatoms. The number of nitrogens with zero attached hydrogens (tertiary/aromatic N) is 1. The average molecular weight is 476 g/mol. The van der Waals surface area contributed by atoms with Gasteiger partial charge in [0.1, 0.15) is 10.6 Å². The zero-order chi connectivity index (χ0) is 23.5. The van der Waals surface area contributed by atoms with Crippen LogP contribution in [0.2, 0.25) is 5.02 Å². The van der Waals surface area contributed by atoms with Crippen LogP contribution < -0.4 is 14.8 Å². The van der Waals surface area contributed by atoms with Crippen molar-refractivity contribution >= 4 is 44.6 Å². The average Bonchev–Trinajstić information content (AvgIpc) is 2.75. The van der Waals surface area contributed by atoms with Gasteiger partial charge in [0.15, 0.2) is 0 Å². The number of halogens is 1. The second-order valence-electron chi connectivity index (χ2n) is 6.71. The van der Waals surface area contributed by atoms with Crippen LogP contribution in [0.15, 0.2) is 65.6 Å². The summed E-state index contributed by atoms with van der Waals surface area (Å²) in [7, 11) is -2.74. The molecule has 3 rings (SSSR count). The molecule has 166 valence electrons. The van der Waals surface area contributed by atoms with Crippen LogP contribution in [-0.4, -0.2) is 26.4 Å². The number of rotatable bonds is 7. The number of sulfonamides is 1. The van der Waals surface area contributed by atoms with Gasteiger partial charge in [0.2, 0.25) is 0 Å². The van der Waals surface area contributed by atoms with Crippen molar-refractivity contribution in [2.24, 2.45) is 0 Å². The van der Waals surface area contributed by atoms with Gasteiger partial charge >= 0.3 is 0 Å². The summed E-state index contributed by atoms with van der Waals surface area (Å²) in [6.07, 6.45) is 0. The van der Waals surface area contributed by atoms with Crippen LogP contribution in [0.3, 0.4) is 0 Å².